The van der Waals surface area contributed by atoms with Crippen LogP contribution in [0.15, 0.2) is 17.1 Å². The summed E-state index contributed by atoms with van der Waals surface area (Å²) in [5.41, 5.74) is -1.87. The van der Waals surface area contributed by atoms with Crippen molar-refractivity contribution >= 4 is 6.08 Å². The quantitative estimate of drug-likeness (QED) is 0.680. The molecular formula is C12H10F3NO3. The van der Waals surface area contributed by atoms with Gasteiger partial charge in [0.2, 0.25) is 6.08 Å². The van der Waals surface area contributed by atoms with E-state index in [0.29, 0.717) is 12.8 Å². The second-order valence-corrected chi connectivity index (χ2v) is 4.27. The van der Waals surface area contributed by atoms with Crippen LogP contribution in [0.2, 0.25) is 0 Å². The third-order valence-electron chi connectivity index (χ3n) is 3.13. The van der Waals surface area contributed by atoms with Crippen LogP contribution in [0.5, 0.6) is 11.5 Å². The molecule has 0 amide bonds. The zero-order chi connectivity index (χ0) is 14.3. The summed E-state index contributed by atoms with van der Waals surface area (Å²) in [7, 11) is 1.04. The molecule has 0 spiro atoms. The fraction of sp³-hybridized carbons (Fsp3) is 0.417. The maximum Gasteiger partial charge on any atom is 0.420 e. The summed E-state index contributed by atoms with van der Waals surface area (Å²) in [6.45, 7) is 0. The number of hydrogen-bond donors (Lipinski definition) is 1. The number of phenols is 1. The minimum Gasteiger partial charge on any atom is -0.504 e. The SMILES string of the molecule is COc1c(C(F)(F)F)ccc(C2(N=C=O)CC2)c1O. The maximum atomic E-state index is 12.7. The number of aromatic hydroxyl groups is 1. The number of alkyl halides is 3. The summed E-state index contributed by atoms with van der Waals surface area (Å²) >= 11 is 0. The molecule has 1 aliphatic rings. The largest absolute Gasteiger partial charge is 0.504 e. The molecule has 0 bridgehead atoms. The summed E-state index contributed by atoms with van der Waals surface area (Å²) in [5.74, 6) is -1.29. The number of phenolic OH excluding ortho intramolecular Hbond substituents is 1. The van der Waals surface area contributed by atoms with Gasteiger partial charge in [0.15, 0.2) is 11.5 Å². The highest BCUT2D eigenvalue weighted by Gasteiger charge is 2.48. The lowest BCUT2D eigenvalue weighted by molar-refractivity contribution is -0.138. The number of hydrogen-bond acceptors (Lipinski definition) is 4. The topological polar surface area (TPSA) is 58.9 Å². The van der Waals surface area contributed by atoms with Crippen LogP contribution >= 0.6 is 0 Å². The van der Waals surface area contributed by atoms with Crippen LogP contribution in [0.4, 0.5) is 13.2 Å². The van der Waals surface area contributed by atoms with Crippen molar-refractivity contribution in [1.29, 1.82) is 0 Å². The van der Waals surface area contributed by atoms with Crippen molar-refractivity contribution in [2.75, 3.05) is 7.11 Å². The molecular weight excluding hydrogens is 263 g/mol. The third kappa shape index (κ3) is 2.17. The van der Waals surface area contributed by atoms with Crippen molar-refractivity contribution < 1.29 is 27.8 Å². The lowest BCUT2D eigenvalue weighted by Crippen LogP contribution is -2.10. The lowest BCUT2D eigenvalue weighted by atomic mass is 10.0. The van der Waals surface area contributed by atoms with Crippen LogP contribution in [-0.2, 0) is 16.5 Å². The summed E-state index contributed by atoms with van der Waals surface area (Å²) < 4.78 is 42.8. The number of rotatable bonds is 3. The van der Waals surface area contributed by atoms with Gasteiger partial charge in [-0.05, 0) is 18.9 Å². The van der Waals surface area contributed by atoms with Gasteiger partial charge in [-0.1, -0.05) is 6.07 Å². The van der Waals surface area contributed by atoms with Gasteiger partial charge in [0.25, 0.3) is 0 Å². The third-order valence-corrected chi connectivity index (χ3v) is 3.13. The maximum absolute atomic E-state index is 12.7. The molecule has 1 fully saturated rings. The van der Waals surface area contributed by atoms with Gasteiger partial charge in [0.05, 0.1) is 7.11 Å². The van der Waals surface area contributed by atoms with E-state index in [1.165, 1.54) is 6.08 Å². The van der Waals surface area contributed by atoms with Gasteiger partial charge >= 0.3 is 6.18 Å². The van der Waals surface area contributed by atoms with E-state index in [4.69, 9.17) is 0 Å². The smallest absolute Gasteiger partial charge is 0.420 e. The van der Waals surface area contributed by atoms with Gasteiger partial charge in [0.1, 0.15) is 11.1 Å². The van der Waals surface area contributed by atoms with Crippen LogP contribution in [0.1, 0.15) is 24.0 Å². The molecule has 1 saturated carbocycles. The predicted octanol–water partition coefficient (Wildman–Crippen LogP) is 2.74. The molecule has 102 valence electrons. The zero-order valence-electron chi connectivity index (χ0n) is 9.91. The molecule has 4 nitrogen and oxygen atoms in total. The molecule has 0 aliphatic heterocycles. The number of nitrogens with zero attached hydrogens (tertiary/aromatic N) is 1. The molecule has 0 heterocycles. The molecule has 0 radical (unpaired) electrons. The second-order valence-electron chi connectivity index (χ2n) is 4.27. The van der Waals surface area contributed by atoms with Gasteiger partial charge in [0, 0.05) is 5.56 Å². The van der Waals surface area contributed by atoms with Crippen LogP contribution in [0.25, 0.3) is 0 Å². The monoisotopic (exact) mass is 273 g/mol. The predicted molar refractivity (Wildman–Crippen MR) is 58.7 cm³/mol. The highest BCUT2D eigenvalue weighted by atomic mass is 19.4. The Hall–Kier alpha value is -2.01. The summed E-state index contributed by atoms with van der Waals surface area (Å²) in [4.78, 5) is 13.9. The van der Waals surface area contributed by atoms with Crippen molar-refractivity contribution in [2.24, 2.45) is 4.99 Å². The molecule has 1 aromatic rings. The Morgan fingerprint density at radius 2 is 2.05 bits per heavy atom. The second kappa shape index (κ2) is 4.28. The van der Waals surface area contributed by atoms with E-state index in [9.17, 15) is 23.1 Å². The van der Waals surface area contributed by atoms with Gasteiger partial charge in [-0.2, -0.15) is 18.2 Å². The van der Waals surface area contributed by atoms with Gasteiger partial charge in [-0.25, -0.2) is 4.79 Å². The standard InChI is InChI=1S/C12H10F3NO3/c1-19-10-8(12(13,14)15)3-2-7(9(10)18)11(4-5-11)16-6-17/h2-3,18H,4-5H2,1H3. The molecule has 1 N–H and O–H groups in total. The number of aliphatic imine (C=N–C) groups is 1. The number of methoxy groups -OCH3 is 1. The van der Waals surface area contributed by atoms with Crippen molar-refractivity contribution in [3.8, 4) is 11.5 Å². The van der Waals surface area contributed by atoms with E-state index in [0.717, 1.165) is 19.2 Å². The molecule has 1 aliphatic carbocycles. The summed E-state index contributed by atoms with van der Waals surface area (Å²) in [6.07, 6.45) is -2.30. The van der Waals surface area contributed by atoms with E-state index in [1.54, 1.807) is 0 Å². The molecule has 0 atom stereocenters. The minimum absolute atomic E-state index is 0.153. The van der Waals surface area contributed by atoms with Crippen molar-refractivity contribution in [3.63, 3.8) is 0 Å². The normalized spacial score (nSPS) is 16.6. The summed E-state index contributed by atoms with van der Waals surface area (Å²) in [6, 6.07) is 1.93. The first-order valence-electron chi connectivity index (χ1n) is 5.42. The zero-order valence-corrected chi connectivity index (χ0v) is 9.91. The molecule has 7 heteroatoms. The Morgan fingerprint density at radius 3 is 2.47 bits per heavy atom. The number of benzene rings is 1. The fourth-order valence-corrected chi connectivity index (χ4v) is 2.02. The van der Waals surface area contributed by atoms with E-state index >= 15 is 0 Å². The minimum atomic E-state index is -4.63. The Morgan fingerprint density at radius 1 is 1.42 bits per heavy atom. The average Bonchev–Trinajstić information content (AvgIpc) is 3.08. The van der Waals surface area contributed by atoms with Gasteiger partial charge in [-0.15, -0.1) is 0 Å². The van der Waals surface area contributed by atoms with E-state index in [1.807, 2.05) is 0 Å². The van der Waals surface area contributed by atoms with Crippen LogP contribution in [-0.4, -0.2) is 18.3 Å². The van der Waals surface area contributed by atoms with Crippen molar-refractivity contribution in [2.45, 2.75) is 24.6 Å². The summed E-state index contributed by atoms with van der Waals surface area (Å²) in [5, 5.41) is 9.92. The Bertz CT molecular complexity index is 558. The first-order chi connectivity index (χ1) is 8.85. The molecule has 0 aromatic heterocycles. The molecule has 19 heavy (non-hydrogen) atoms. The Balaban J connectivity index is 2.59. The van der Waals surface area contributed by atoms with Crippen molar-refractivity contribution in [3.05, 3.63) is 23.3 Å². The van der Waals surface area contributed by atoms with E-state index in [2.05, 4.69) is 9.73 Å². The lowest BCUT2D eigenvalue weighted by Gasteiger charge is -2.17. The van der Waals surface area contributed by atoms with Gasteiger partial charge < -0.3 is 9.84 Å². The molecule has 0 saturated heterocycles. The van der Waals surface area contributed by atoms with Crippen LogP contribution in [0.3, 0.4) is 0 Å². The number of ether oxygens (including phenoxy) is 1. The molecule has 0 unspecified atom stereocenters. The highest BCUT2D eigenvalue weighted by molar-refractivity contribution is 5.57. The first kappa shape index (κ1) is 13.4. The van der Waals surface area contributed by atoms with Gasteiger partial charge in [-0.3, -0.25) is 0 Å². The Labute approximate surface area is 106 Å². The van der Waals surface area contributed by atoms with Crippen LogP contribution in [0, 0.1) is 0 Å². The van der Waals surface area contributed by atoms with E-state index in [-0.39, 0.29) is 5.56 Å². The first-order valence-corrected chi connectivity index (χ1v) is 5.42. The Kier molecular flexibility index (Phi) is 3.02. The van der Waals surface area contributed by atoms with E-state index < -0.39 is 28.8 Å². The average molecular weight is 273 g/mol. The van der Waals surface area contributed by atoms with Crippen molar-refractivity contribution in [1.82, 2.24) is 0 Å². The fourth-order valence-electron chi connectivity index (χ4n) is 2.02. The molecule has 2 rings (SSSR count). The number of carbonyl (C=O) groups excluding carboxylic acids is 1. The van der Waals surface area contributed by atoms with Crippen LogP contribution < -0.4 is 4.74 Å². The molecule has 1 aromatic carbocycles. The number of halogens is 3. The highest BCUT2D eigenvalue weighted by Crippen LogP contribution is 2.55. The number of isocyanates is 1.